The average Bonchev–Trinajstić information content (AvgIpc) is 3.39. The number of hydrogen-bond donors (Lipinski definition) is 0. The fourth-order valence-corrected chi connectivity index (χ4v) is 12.0. The number of nitrogens with zero attached hydrogens (tertiary/aromatic N) is 1. The lowest BCUT2D eigenvalue weighted by Crippen LogP contribution is -2.36. The molecule has 306 valence electrons. The number of benzene rings is 12. The second-order valence-corrected chi connectivity index (χ2v) is 17.9. The minimum atomic E-state index is -0.609. The molecule has 1 atom stereocenters. The van der Waals surface area contributed by atoms with Gasteiger partial charge in [-0.15, -0.1) is 0 Å². The molecule has 0 aliphatic heterocycles. The second kappa shape index (κ2) is 14.2. The van der Waals surface area contributed by atoms with E-state index in [4.69, 9.17) is 0 Å². The molecule has 12 aromatic carbocycles. The third kappa shape index (κ3) is 5.11. The first-order valence-electron chi connectivity index (χ1n) is 23.0. The van der Waals surface area contributed by atoms with Gasteiger partial charge in [0.05, 0.1) is 22.5 Å². The van der Waals surface area contributed by atoms with Gasteiger partial charge in [-0.25, -0.2) is 0 Å². The molecule has 14 rings (SSSR count). The molecule has 0 heterocycles. The van der Waals surface area contributed by atoms with Gasteiger partial charge in [-0.05, 0) is 118 Å². The molecule has 0 fully saturated rings. The van der Waals surface area contributed by atoms with Gasteiger partial charge >= 0.3 is 0 Å². The highest BCUT2D eigenvalue weighted by Gasteiger charge is 2.48. The van der Waals surface area contributed by atoms with E-state index in [0.29, 0.717) is 0 Å². The van der Waals surface area contributed by atoms with Crippen molar-refractivity contribution in [3.8, 4) is 44.5 Å². The quantitative estimate of drug-likeness (QED) is 0.167. The van der Waals surface area contributed by atoms with Crippen LogP contribution in [0.4, 0.5) is 17.1 Å². The maximum atomic E-state index is 2.56. The van der Waals surface area contributed by atoms with E-state index < -0.39 is 5.41 Å². The first-order chi connectivity index (χ1) is 32.8. The van der Waals surface area contributed by atoms with Crippen molar-refractivity contribution >= 4 is 60.2 Å². The van der Waals surface area contributed by atoms with Gasteiger partial charge in [0.2, 0.25) is 0 Å². The average molecular weight is 836 g/mol. The van der Waals surface area contributed by atoms with Crippen molar-refractivity contribution in [2.45, 2.75) is 5.41 Å². The van der Waals surface area contributed by atoms with E-state index in [-0.39, 0.29) is 0 Å². The van der Waals surface area contributed by atoms with Gasteiger partial charge in [0.25, 0.3) is 0 Å². The molecular formula is C65H41N. The summed E-state index contributed by atoms with van der Waals surface area (Å²) in [5.74, 6) is 0. The van der Waals surface area contributed by atoms with Crippen LogP contribution in [0.15, 0.2) is 249 Å². The van der Waals surface area contributed by atoms with Crippen LogP contribution in [0.25, 0.3) is 87.6 Å². The van der Waals surface area contributed by atoms with Crippen LogP contribution in [0.3, 0.4) is 0 Å². The zero-order valence-electron chi connectivity index (χ0n) is 36.1. The monoisotopic (exact) mass is 835 g/mol. The van der Waals surface area contributed by atoms with E-state index in [1.165, 1.54) is 110 Å². The molecule has 0 radical (unpaired) electrons. The van der Waals surface area contributed by atoms with Crippen LogP contribution in [0.1, 0.15) is 22.3 Å². The summed E-state index contributed by atoms with van der Waals surface area (Å²) in [4.78, 5) is 2.56. The molecule has 66 heavy (non-hydrogen) atoms. The summed E-state index contributed by atoms with van der Waals surface area (Å²) in [6, 6.07) is 93.0. The van der Waals surface area contributed by atoms with E-state index in [2.05, 4.69) is 254 Å². The molecule has 1 spiro atoms. The molecule has 2 aliphatic rings. The van der Waals surface area contributed by atoms with Crippen LogP contribution in [0.5, 0.6) is 0 Å². The Morgan fingerprint density at radius 1 is 0.242 bits per heavy atom. The van der Waals surface area contributed by atoms with Gasteiger partial charge in [-0.3, -0.25) is 0 Å². The van der Waals surface area contributed by atoms with E-state index in [1.807, 2.05) is 0 Å². The predicted octanol–water partition coefficient (Wildman–Crippen LogP) is 17.4. The Bertz CT molecular complexity index is 3940. The zero-order chi connectivity index (χ0) is 43.3. The molecule has 1 unspecified atom stereocenters. The van der Waals surface area contributed by atoms with Gasteiger partial charge in [-0.1, -0.05) is 224 Å². The Kier molecular flexibility index (Phi) is 7.97. The Hall–Kier alpha value is -8.52. The van der Waals surface area contributed by atoms with Gasteiger partial charge in [0.15, 0.2) is 0 Å². The molecule has 0 saturated carbocycles. The molecule has 0 amide bonds. The normalized spacial score (nSPS) is 14.4. The second-order valence-electron chi connectivity index (χ2n) is 17.9. The Morgan fingerprint density at radius 3 is 1.39 bits per heavy atom. The summed E-state index contributed by atoms with van der Waals surface area (Å²) in [6.07, 6.45) is 0. The van der Waals surface area contributed by atoms with E-state index in [1.54, 1.807) is 0 Å². The van der Waals surface area contributed by atoms with Crippen molar-refractivity contribution in [2.24, 2.45) is 0 Å². The van der Waals surface area contributed by atoms with E-state index >= 15 is 0 Å². The highest BCUT2D eigenvalue weighted by atomic mass is 15.1. The van der Waals surface area contributed by atoms with Crippen molar-refractivity contribution in [1.82, 2.24) is 0 Å². The first-order valence-corrected chi connectivity index (χ1v) is 23.0. The maximum absolute atomic E-state index is 2.56. The summed E-state index contributed by atoms with van der Waals surface area (Å²) < 4.78 is 0. The topological polar surface area (TPSA) is 3.24 Å². The molecule has 0 N–H and O–H groups in total. The molecule has 0 bridgehead atoms. The molecular weight excluding hydrogens is 795 g/mol. The summed E-state index contributed by atoms with van der Waals surface area (Å²) in [7, 11) is 0. The highest BCUT2D eigenvalue weighted by Crippen LogP contribution is 2.62. The van der Waals surface area contributed by atoms with Gasteiger partial charge in [0, 0.05) is 16.3 Å². The van der Waals surface area contributed by atoms with Crippen molar-refractivity contribution < 1.29 is 0 Å². The third-order valence-corrected chi connectivity index (χ3v) is 14.6. The van der Waals surface area contributed by atoms with Crippen molar-refractivity contribution in [2.75, 3.05) is 4.90 Å². The zero-order valence-corrected chi connectivity index (χ0v) is 36.1. The molecule has 1 nitrogen and oxygen atoms in total. The fraction of sp³-hybridized carbons (Fsp3) is 0.0154. The van der Waals surface area contributed by atoms with Crippen molar-refractivity contribution in [3.63, 3.8) is 0 Å². The van der Waals surface area contributed by atoms with Gasteiger partial charge in [0.1, 0.15) is 0 Å². The third-order valence-electron chi connectivity index (χ3n) is 14.6. The maximum Gasteiger partial charge on any atom is 0.0725 e. The van der Waals surface area contributed by atoms with Crippen LogP contribution >= 0.6 is 0 Å². The lowest BCUT2D eigenvalue weighted by Gasteiger charge is -2.46. The SMILES string of the molecule is c1ccc(-c2cc3ccccc3cc2N(c2cccc3ccccc23)c2ccc3c4c(cccc24)C2(c4ccccc4-c4ccc(-c5ccccc5)c5cccc2c45)c2ccccc2-3)cc1. The van der Waals surface area contributed by atoms with Crippen LogP contribution in [-0.4, -0.2) is 0 Å². The van der Waals surface area contributed by atoms with Crippen molar-refractivity contribution in [1.29, 1.82) is 0 Å². The first kappa shape index (κ1) is 36.9. The minimum absolute atomic E-state index is 0.609. The number of hydrogen-bond acceptors (Lipinski definition) is 1. The Balaban J connectivity index is 1.13. The van der Waals surface area contributed by atoms with E-state index in [0.717, 1.165) is 17.1 Å². The van der Waals surface area contributed by atoms with Gasteiger partial charge in [-0.2, -0.15) is 0 Å². The predicted molar refractivity (Wildman–Crippen MR) is 278 cm³/mol. The number of anilines is 3. The standard InChI is InChI=1S/C65H41N/c1-3-18-42(19-4-1)47-36-37-52-49-27-11-13-31-56(49)65(58-33-16-29-51(47)63(52)58)57-32-14-12-28-50(57)53-38-39-61(54-30-17-34-59(65)64(53)54)66(60-35-15-25-43-22-9-10-26-48(43)60)62-41-46-24-8-7-23-45(46)40-55(62)44-20-5-2-6-21-44/h1-41H. The summed E-state index contributed by atoms with van der Waals surface area (Å²) in [5.41, 5.74) is 18.0. The molecule has 1 heteroatoms. The van der Waals surface area contributed by atoms with E-state index in [9.17, 15) is 0 Å². The largest absolute Gasteiger partial charge is 0.309 e. The lowest BCUT2D eigenvalue weighted by molar-refractivity contribution is 0.754. The lowest BCUT2D eigenvalue weighted by atomic mass is 9.55. The molecule has 0 saturated heterocycles. The van der Waals surface area contributed by atoms with Crippen LogP contribution in [-0.2, 0) is 5.41 Å². The molecule has 0 aromatic heterocycles. The number of rotatable bonds is 5. The fourth-order valence-electron chi connectivity index (χ4n) is 12.0. The highest BCUT2D eigenvalue weighted by molar-refractivity contribution is 6.17. The Morgan fingerprint density at radius 2 is 0.697 bits per heavy atom. The molecule has 12 aromatic rings. The Labute approximate surface area is 384 Å². The number of fused-ring (bicyclic) bond motifs is 10. The molecule has 2 aliphatic carbocycles. The van der Waals surface area contributed by atoms with Gasteiger partial charge < -0.3 is 4.90 Å². The van der Waals surface area contributed by atoms with Crippen LogP contribution in [0.2, 0.25) is 0 Å². The minimum Gasteiger partial charge on any atom is -0.309 e. The smallest absolute Gasteiger partial charge is 0.0725 e. The summed E-state index contributed by atoms with van der Waals surface area (Å²) >= 11 is 0. The van der Waals surface area contributed by atoms with Crippen LogP contribution < -0.4 is 4.90 Å². The summed E-state index contributed by atoms with van der Waals surface area (Å²) in [6.45, 7) is 0. The van der Waals surface area contributed by atoms with Crippen molar-refractivity contribution in [3.05, 3.63) is 271 Å². The van der Waals surface area contributed by atoms with Crippen LogP contribution in [0, 0.1) is 0 Å². The summed E-state index contributed by atoms with van der Waals surface area (Å²) in [5, 5.41) is 9.93.